The predicted octanol–water partition coefficient (Wildman–Crippen LogP) is 2.99. The zero-order chi connectivity index (χ0) is 21.6. The molecule has 0 saturated carbocycles. The Bertz CT molecular complexity index is 908. The first-order valence-electron chi connectivity index (χ1n) is 10.4. The van der Waals surface area contributed by atoms with Gasteiger partial charge in [0.2, 0.25) is 10.0 Å². The summed E-state index contributed by atoms with van der Waals surface area (Å²) in [6, 6.07) is 17.1. The Kier molecular flexibility index (Phi) is 7.71. The number of rotatable bonds is 10. The Balaban J connectivity index is 1.80. The molecule has 7 nitrogen and oxygen atoms in total. The van der Waals surface area contributed by atoms with E-state index < -0.39 is 21.5 Å². The summed E-state index contributed by atoms with van der Waals surface area (Å²) in [6.45, 7) is 7.95. The van der Waals surface area contributed by atoms with Crippen molar-refractivity contribution in [1.82, 2.24) is 10.4 Å². The molecule has 1 heterocycles. The smallest absolute Gasteiger partial charge is 0.243 e. The van der Waals surface area contributed by atoms with Gasteiger partial charge in [0, 0.05) is 32.3 Å². The van der Waals surface area contributed by atoms with Gasteiger partial charge < -0.3 is 9.47 Å². The molecule has 1 aliphatic rings. The summed E-state index contributed by atoms with van der Waals surface area (Å²) in [4.78, 5) is 0. The molecule has 0 radical (unpaired) electrons. The molecule has 2 aromatic carbocycles. The molecular formula is C22H31N3O4S. The maximum atomic E-state index is 13.5. The Labute approximate surface area is 179 Å². The van der Waals surface area contributed by atoms with E-state index >= 15 is 0 Å². The summed E-state index contributed by atoms with van der Waals surface area (Å²) in [5, 5.41) is 1.20. The number of hydrogen-bond donors (Lipinski definition) is 1. The van der Waals surface area contributed by atoms with Crippen molar-refractivity contribution >= 4 is 15.7 Å². The fourth-order valence-corrected chi connectivity index (χ4v) is 5.48. The largest absolute Gasteiger partial charge is 0.489 e. The van der Waals surface area contributed by atoms with Crippen molar-refractivity contribution < 1.29 is 17.9 Å². The van der Waals surface area contributed by atoms with Gasteiger partial charge in [-0.2, -0.15) is 0 Å². The van der Waals surface area contributed by atoms with Crippen LogP contribution in [0, 0.1) is 0 Å². The second-order valence-corrected chi connectivity index (χ2v) is 9.14. The van der Waals surface area contributed by atoms with Crippen LogP contribution in [0.25, 0.3) is 0 Å². The molecule has 0 aromatic heterocycles. The lowest BCUT2D eigenvalue weighted by atomic mass is 10.2. The second kappa shape index (κ2) is 10.3. The number of hydrogen-bond acceptors (Lipinski definition) is 6. The number of nitrogens with one attached hydrogen (secondary N) is 1. The van der Waals surface area contributed by atoms with Gasteiger partial charge in [0.05, 0.1) is 5.69 Å². The Morgan fingerprint density at radius 1 is 1.10 bits per heavy atom. The predicted molar refractivity (Wildman–Crippen MR) is 119 cm³/mol. The molecule has 0 bridgehead atoms. The van der Waals surface area contributed by atoms with E-state index in [1.165, 1.54) is 4.31 Å². The van der Waals surface area contributed by atoms with Gasteiger partial charge in [-0.15, -0.1) is 0 Å². The lowest BCUT2D eigenvalue weighted by molar-refractivity contribution is 0.0280. The highest BCUT2D eigenvalue weighted by atomic mass is 32.2. The van der Waals surface area contributed by atoms with Crippen LogP contribution >= 0.6 is 0 Å². The summed E-state index contributed by atoms with van der Waals surface area (Å²) in [5.74, 6) is 0.631. The minimum atomic E-state index is -3.65. The molecule has 0 amide bonds. The van der Waals surface area contributed by atoms with Gasteiger partial charge in [0.25, 0.3) is 0 Å². The van der Waals surface area contributed by atoms with E-state index in [1.54, 1.807) is 12.1 Å². The van der Waals surface area contributed by atoms with Crippen LogP contribution in [0.5, 0.6) is 5.75 Å². The molecule has 164 valence electrons. The van der Waals surface area contributed by atoms with Crippen molar-refractivity contribution in [3.63, 3.8) is 0 Å². The molecule has 0 aliphatic carbocycles. The molecule has 1 N–H and O–H groups in total. The van der Waals surface area contributed by atoms with E-state index in [0.717, 1.165) is 5.56 Å². The van der Waals surface area contributed by atoms with Gasteiger partial charge in [-0.1, -0.05) is 43.3 Å². The van der Waals surface area contributed by atoms with E-state index in [4.69, 9.17) is 9.47 Å². The molecular weight excluding hydrogens is 402 g/mol. The first-order chi connectivity index (χ1) is 14.5. The number of sulfonamides is 1. The number of ether oxygens (including phenoxy) is 2. The van der Waals surface area contributed by atoms with E-state index in [0.29, 0.717) is 44.3 Å². The van der Waals surface area contributed by atoms with Crippen molar-refractivity contribution in [3.8, 4) is 5.75 Å². The van der Waals surface area contributed by atoms with Crippen LogP contribution in [-0.2, 0) is 21.4 Å². The molecule has 2 aromatic rings. The fourth-order valence-electron chi connectivity index (χ4n) is 3.57. The highest BCUT2D eigenvalue weighted by Gasteiger charge is 2.44. The number of anilines is 1. The molecule has 8 heteroatoms. The van der Waals surface area contributed by atoms with Crippen LogP contribution in [0.4, 0.5) is 5.69 Å². The minimum Gasteiger partial charge on any atom is -0.489 e. The van der Waals surface area contributed by atoms with E-state index in [1.807, 2.05) is 68.2 Å². The van der Waals surface area contributed by atoms with Gasteiger partial charge in [-0.05, 0) is 31.5 Å². The van der Waals surface area contributed by atoms with Gasteiger partial charge >= 0.3 is 0 Å². The monoisotopic (exact) mass is 433 g/mol. The minimum absolute atomic E-state index is 0.325. The fraction of sp³-hybridized carbons (Fsp3) is 0.455. The van der Waals surface area contributed by atoms with Crippen molar-refractivity contribution in [2.45, 2.75) is 38.9 Å². The average molecular weight is 434 g/mol. The normalized spacial score (nSPS) is 19.7. The van der Waals surface area contributed by atoms with Crippen LogP contribution in [0.2, 0.25) is 0 Å². The van der Waals surface area contributed by atoms with Gasteiger partial charge in [0.15, 0.2) is 0 Å². The van der Waals surface area contributed by atoms with Gasteiger partial charge in [-0.3, -0.25) is 4.31 Å². The molecule has 1 fully saturated rings. The van der Waals surface area contributed by atoms with Gasteiger partial charge in [0.1, 0.15) is 23.8 Å². The number of benzene rings is 2. The molecule has 1 aliphatic heterocycles. The molecule has 30 heavy (non-hydrogen) atoms. The van der Waals surface area contributed by atoms with Crippen LogP contribution in [-0.4, -0.2) is 51.1 Å². The quantitative estimate of drug-likeness (QED) is 0.621. The van der Waals surface area contributed by atoms with Crippen LogP contribution < -0.4 is 14.5 Å². The molecule has 2 atom stereocenters. The lowest BCUT2D eigenvalue weighted by Crippen LogP contribution is -2.47. The summed E-state index contributed by atoms with van der Waals surface area (Å²) in [5.41, 5.74) is 4.80. The summed E-state index contributed by atoms with van der Waals surface area (Å²) >= 11 is 0. The SMILES string of the molecule is CCOC1NN(CC)CC1S(=O)(=O)N(CC)c1cccc(OCc2ccccc2)c1. The van der Waals surface area contributed by atoms with Crippen LogP contribution in [0.15, 0.2) is 54.6 Å². The van der Waals surface area contributed by atoms with Crippen LogP contribution in [0.3, 0.4) is 0 Å². The van der Waals surface area contributed by atoms with Crippen molar-refractivity contribution in [3.05, 3.63) is 60.2 Å². The Hall–Kier alpha value is -2.13. The Morgan fingerprint density at radius 3 is 2.53 bits per heavy atom. The highest BCUT2D eigenvalue weighted by molar-refractivity contribution is 7.93. The van der Waals surface area contributed by atoms with E-state index in [2.05, 4.69) is 5.43 Å². The molecule has 3 rings (SSSR count). The molecule has 0 spiro atoms. The summed E-state index contributed by atoms with van der Waals surface area (Å²) in [7, 11) is -3.65. The zero-order valence-electron chi connectivity index (χ0n) is 17.8. The average Bonchev–Trinajstić information content (AvgIpc) is 3.18. The second-order valence-electron chi connectivity index (χ2n) is 7.06. The summed E-state index contributed by atoms with van der Waals surface area (Å²) in [6.07, 6.45) is -0.563. The molecule has 1 saturated heterocycles. The first-order valence-corrected chi connectivity index (χ1v) is 11.9. The summed E-state index contributed by atoms with van der Waals surface area (Å²) < 4.78 is 40.1. The molecule has 2 unspecified atom stereocenters. The maximum Gasteiger partial charge on any atom is 0.243 e. The Morgan fingerprint density at radius 2 is 1.87 bits per heavy atom. The van der Waals surface area contributed by atoms with Crippen LogP contribution in [0.1, 0.15) is 26.3 Å². The number of hydrazine groups is 1. The third kappa shape index (κ3) is 5.13. The van der Waals surface area contributed by atoms with Crippen molar-refractivity contribution in [2.24, 2.45) is 0 Å². The number of nitrogens with zero attached hydrogens (tertiary/aromatic N) is 2. The first kappa shape index (κ1) is 22.6. The standard InChI is InChI=1S/C22H31N3O4S/c1-4-24-16-21(22(23-24)28-6-3)30(26,27)25(5-2)19-13-10-14-20(15-19)29-17-18-11-8-7-9-12-18/h7-15,21-23H,4-6,16-17H2,1-3H3. The van der Waals surface area contributed by atoms with E-state index in [9.17, 15) is 8.42 Å². The third-order valence-electron chi connectivity index (χ3n) is 5.11. The van der Waals surface area contributed by atoms with Crippen molar-refractivity contribution in [2.75, 3.05) is 30.5 Å². The maximum absolute atomic E-state index is 13.5. The van der Waals surface area contributed by atoms with Crippen molar-refractivity contribution in [1.29, 1.82) is 0 Å². The van der Waals surface area contributed by atoms with E-state index in [-0.39, 0.29) is 0 Å². The zero-order valence-corrected chi connectivity index (χ0v) is 18.6. The lowest BCUT2D eigenvalue weighted by Gasteiger charge is -2.28. The highest BCUT2D eigenvalue weighted by Crippen LogP contribution is 2.28. The third-order valence-corrected chi connectivity index (χ3v) is 7.35. The topological polar surface area (TPSA) is 71.1 Å². The van der Waals surface area contributed by atoms with Gasteiger partial charge in [-0.25, -0.2) is 18.9 Å².